The van der Waals surface area contributed by atoms with Gasteiger partial charge in [0.2, 0.25) is 12.0 Å². The summed E-state index contributed by atoms with van der Waals surface area (Å²) in [5.41, 5.74) is -0.0737. The van der Waals surface area contributed by atoms with E-state index < -0.39 is 0 Å². The molecule has 1 fully saturated rings. The Morgan fingerprint density at radius 1 is 1.38 bits per heavy atom. The van der Waals surface area contributed by atoms with Crippen LogP contribution in [-0.2, 0) is 4.79 Å². The van der Waals surface area contributed by atoms with Crippen molar-refractivity contribution < 1.29 is 9.59 Å². The average molecular weight is 396 g/mol. The van der Waals surface area contributed by atoms with E-state index in [2.05, 4.69) is 62.3 Å². The van der Waals surface area contributed by atoms with Gasteiger partial charge in [-0.2, -0.15) is 0 Å². The van der Waals surface area contributed by atoms with Gasteiger partial charge in [-0.05, 0) is 46.0 Å². The Morgan fingerprint density at radius 2 is 2.04 bits per heavy atom. The molecule has 1 aromatic heterocycles. The minimum Gasteiger partial charge on any atom is -0.337 e. The van der Waals surface area contributed by atoms with Crippen LogP contribution in [0.25, 0.3) is 0 Å². The summed E-state index contributed by atoms with van der Waals surface area (Å²) in [7, 11) is 0. The van der Waals surface area contributed by atoms with Crippen LogP contribution in [0.4, 0.5) is 10.7 Å². The third kappa shape index (κ3) is 5.39. The Labute approximate surface area is 149 Å². The zero-order valence-electron chi connectivity index (χ0n) is 14.1. The zero-order valence-corrected chi connectivity index (χ0v) is 15.7. The van der Waals surface area contributed by atoms with Gasteiger partial charge in [0.25, 0.3) is 0 Å². The van der Waals surface area contributed by atoms with Crippen LogP contribution in [0.15, 0.2) is 21.9 Å². The molecular weight excluding hydrogens is 374 g/mol. The van der Waals surface area contributed by atoms with E-state index in [9.17, 15) is 9.59 Å². The Bertz CT molecular complexity index is 642. The van der Waals surface area contributed by atoms with Crippen molar-refractivity contribution in [2.75, 3.05) is 11.9 Å². The molecule has 1 heterocycles. The maximum absolute atomic E-state index is 12.1. The van der Waals surface area contributed by atoms with Gasteiger partial charge in [0.15, 0.2) is 0 Å². The number of halogens is 1. The standard InChI is InChI=1S/C16H22BrN5O2/c1-15(2)4-12(21-10-23)5-16(3,8-15)9-20-14(24)22-13-18-6-11(17)7-19-13/h6-7,12H,4-5,8-9H2,1-3H3,(H2,18,19,20,22,24). The summed E-state index contributed by atoms with van der Waals surface area (Å²) in [5.74, 6) is 0.244. The molecule has 0 radical (unpaired) electrons. The van der Waals surface area contributed by atoms with E-state index in [-0.39, 0.29) is 28.9 Å². The van der Waals surface area contributed by atoms with Crippen LogP contribution in [0.2, 0.25) is 0 Å². The number of carbonyl (C=O) groups is 1. The molecule has 0 aromatic carbocycles. The Hall–Kier alpha value is -1.79. The summed E-state index contributed by atoms with van der Waals surface area (Å²) in [6.07, 6.45) is 7.35. The number of aliphatic imine (C=N–C) groups is 1. The van der Waals surface area contributed by atoms with Crippen molar-refractivity contribution in [2.24, 2.45) is 15.8 Å². The minimum absolute atomic E-state index is 0.0454. The molecule has 24 heavy (non-hydrogen) atoms. The monoisotopic (exact) mass is 395 g/mol. The number of aromatic nitrogens is 2. The Balaban J connectivity index is 1.94. The lowest BCUT2D eigenvalue weighted by Crippen LogP contribution is -2.45. The lowest BCUT2D eigenvalue weighted by molar-refractivity contribution is 0.0855. The van der Waals surface area contributed by atoms with Gasteiger partial charge in [-0.3, -0.25) is 5.32 Å². The molecule has 1 aromatic rings. The second kappa shape index (κ2) is 7.40. The SMILES string of the molecule is CC1(C)CC(N=C=O)CC(C)(CNC(=O)Nc2ncc(Br)cn2)C1. The van der Waals surface area contributed by atoms with Gasteiger partial charge < -0.3 is 5.32 Å². The largest absolute Gasteiger partial charge is 0.337 e. The molecule has 2 unspecified atom stereocenters. The molecule has 0 saturated heterocycles. The van der Waals surface area contributed by atoms with Gasteiger partial charge in [0.1, 0.15) is 0 Å². The molecule has 8 heteroatoms. The molecule has 2 rings (SSSR count). The van der Waals surface area contributed by atoms with Gasteiger partial charge >= 0.3 is 6.03 Å². The average Bonchev–Trinajstić information content (AvgIpc) is 2.46. The van der Waals surface area contributed by atoms with Crippen LogP contribution < -0.4 is 10.6 Å². The summed E-state index contributed by atoms with van der Waals surface area (Å²) in [6.45, 7) is 6.92. The van der Waals surface area contributed by atoms with E-state index in [4.69, 9.17) is 0 Å². The van der Waals surface area contributed by atoms with Gasteiger partial charge in [-0.1, -0.05) is 20.8 Å². The highest BCUT2D eigenvalue weighted by atomic mass is 79.9. The van der Waals surface area contributed by atoms with Crippen molar-refractivity contribution in [3.8, 4) is 0 Å². The maximum atomic E-state index is 12.1. The minimum atomic E-state index is -0.350. The number of carbonyl (C=O) groups excluding carboxylic acids is 2. The molecule has 2 amide bonds. The summed E-state index contributed by atoms with van der Waals surface area (Å²) in [5, 5.41) is 5.48. The normalized spacial score (nSPS) is 25.4. The fourth-order valence-electron chi connectivity index (χ4n) is 3.70. The molecular formula is C16H22BrN5O2. The Morgan fingerprint density at radius 3 is 2.67 bits per heavy atom. The maximum Gasteiger partial charge on any atom is 0.321 e. The summed E-state index contributed by atoms with van der Waals surface area (Å²) in [6, 6.07) is -0.395. The number of rotatable bonds is 4. The molecule has 2 atom stereocenters. The van der Waals surface area contributed by atoms with Crippen LogP contribution >= 0.6 is 15.9 Å². The van der Waals surface area contributed by atoms with Gasteiger partial charge in [0, 0.05) is 18.9 Å². The first-order chi connectivity index (χ1) is 11.2. The highest BCUT2D eigenvalue weighted by Crippen LogP contribution is 2.46. The highest BCUT2D eigenvalue weighted by Gasteiger charge is 2.41. The molecule has 2 N–H and O–H groups in total. The number of isocyanates is 1. The number of amides is 2. The van der Waals surface area contributed by atoms with E-state index >= 15 is 0 Å². The van der Waals surface area contributed by atoms with E-state index in [1.165, 1.54) is 0 Å². The van der Waals surface area contributed by atoms with Crippen molar-refractivity contribution >= 4 is 34.0 Å². The first-order valence-electron chi connectivity index (χ1n) is 7.81. The van der Waals surface area contributed by atoms with E-state index in [1.54, 1.807) is 18.5 Å². The number of hydrogen-bond donors (Lipinski definition) is 2. The van der Waals surface area contributed by atoms with Crippen molar-refractivity contribution in [3.05, 3.63) is 16.9 Å². The summed E-state index contributed by atoms with van der Waals surface area (Å²) >= 11 is 3.24. The van der Waals surface area contributed by atoms with Crippen molar-refractivity contribution in [1.29, 1.82) is 0 Å². The smallest absolute Gasteiger partial charge is 0.321 e. The molecule has 0 spiro atoms. The fourth-order valence-corrected chi connectivity index (χ4v) is 3.90. The summed E-state index contributed by atoms with van der Waals surface area (Å²) in [4.78, 5) is 34.6. The zero-order chi connectivity index (χ0) is 17.8. The van der Waals surface area contributed by atoms with Crippen LogP contribution in [0.5, 0.6) is 0 Å². The van der Waals surface area contributed by atoms with Crippen LogP contribution in [0, 0.1) is 10.8 Å². The van der Waals surface area contributed by atoms with Crippen LogP contribution in [0.1, 0.15) is 40.0 Å². The lowest BCUT2D eigenvalue weighted by Gasteiger charge is -2.45. The topological polar surface area (TPSA) is 96.3 Å². The predicted molar refractivity (Wildman–Crippen MR) is 94.4 cm³/mol. The molecule has 130 valence electrons. The molecule has 1 saturated carbocycles. The van der Waals surface area contributed by atoms with Gasteiger partial charge in [0.05, 0.1) is 10.5 Å². The molecule has 7 nitrogen and oxygen atoms in total. The summed E-state index contributed by atoms with van der Waals surface area (Å²) < 4.78 is 0.743. The third-order valence-electron chi connectivity index (χ3n) is 4.18. The second-order valence-corrected chi connectivity index (χ2v) is 8.38. The quantitative estimate of drug-likeness (QED) is 0.603. The molecule has 0 bridgehead atoms. The van der Waals surface area contributed by atoms with E-state index in [1.807, 2.05) is 0 Å². The second-order valence-electron chi connectivity index (χ2n) is 7.47. The molecule has 1 aliphatic carbocycles. The van der Waals surface area contributed by atoms with Crippen molar-refractivity contribution in [2.45, 2.75) is 46.1 Å². The van der Waals surface area contributed by atoms with Crippen molar-refractivity contribution in [1.82, 2.24) is 15.3 Å². The van der Waals surface area contributed by atoms with Crippen LogP contribution in [0.3, 0.4) is 0 Å². The first-order valence-corrected chi connectivity index (χ1v) is 8.60. The third-order valence-corrected chi connectivity index (χ3v) is 4.59. The van der Waals surface area contributed by atoms with E-state index in [0.717, 1.165) is 23.7 Å². The number of nitrogens with zero attached hydrogens (tertiary/aromatic N) is 3. The predicted octanol–water partition coefficient (Wildman–Crippen LogP) is 3.28. The highest BCUT2D eigenvalue weighted by molar-refractivity contribution is 9.10. The van der Waals surface area contributed by atoms with Crippen LogP contribution in [-0.4, -0.2) is 34.7 Å². The van der Waals surface area contributed by atoms with Gasteiger partial charge in [-0.25, -0.2) is 24.5 Å². The number of anilines is 1. The number of hydrogen-bond acceptors (Lipinski definition) is 5. The van der Waals surface area contributed by atoms with Gasteiger partial charge in [-0.15, -0.1) is 0 Å². The molecule has 0 aliphatic heterocycles. The number of urea groups is 1. The van der Waals surface area contributed by atoms with E-state index in [0.29, 0.717) is 6.54 Å². The fraction of sp³-hybridized carbons (Fsp3) is 0.625. The molecule has 1 aliphatic rings. The lowest BCUT2D eigenvalue weighted by atomic mass is 9.63. The number of nitrogens with one attached hydrogen (secondary N) is 2. The Kier molecular flexibility index (Phi) is 5.72. The van der Waals surface area contributed by atoms with Crippen molar-refractivity contribution in [3.63, 3.8) is 0 Å². The first kappa shape index (κ1) is 18.5.